The lowest BCUT2D eigenvalue weighted by Crippen LogP contribution is -2.12. The second kappa shape index (κ2) is 5.40. The van der Waals surface area contributed by atoms with Crippen LogP contribution < -0.4 is 4.72 Å². The van der Waals surface area contributed by atoms with Crippen molar-refractivity contribution in [1.29, 1.82) is 5.26 Å². The molecule has 0 aliphatic heterocycles. The van der Waals surface area contributed by atoms with Gasteiger partial charge in [0.25, 0.3) is 10.0 Å². The lowest BCUT2D eigenvalue weighted by Gasteiger charge is -2.04. The second-order valence-corrected chi connectivity index (χ2v) is 6.38. The highest BCUT2D eigenvalue weighted by molar-refractivity contribution is 7.93. The highest BCUT2D eigenvalue weighted by atomic mass is 32.2. The van der Waals surface area contributed by atoms with E-state index >= 15 is 0 Å². The molecule has 6 nitrogen and oxygen atoms in total. The first-order valence-electron chi connectivity index (χ1n) is 5.42. The molecule has 2 rings (SSSR count). The highest BCUT2D eigenvalue weighted by Crippen LogP contribution is 2.20. The van der Waals surface area contributed by atoms with Crippen LogP contribution in [0.2, 0.25) is 0 Å². The molecule has 0 unspecified atom stereocenters. The Kier molecular flexibility index (Phi) is 3.83. The van der Waals surface area contributed by atoms with Crippen LogP contribution in [0.1, 0.15) is 23.0 Å². The molecule has 0 aliphatic rings. The van der Waals surface area contributed by atoms with Crippen molar-refractivity contribution in [2.45, 2.75) is 11.8 Å². The minimum absolute atomic E-state index is 0.0241. The SMILES string of the molecule is CC(=O)c1csc(NS(=O)(=O)c2ccc(C#N)cc2)n1. The number of nitrogens with one attached hydrogen (secondary N) is 1. The molecule has 0 radical (unpaired) electrons. The predicted molar refractivity (Wildman–Crippen MR) is 74.1 cm³/mol. The fraction of sp³-hybridized carbons (Fsp3) is 0.0833. The molecular formula is C12H9N3O3S2. The Morgan fingerprint density at radius 3 is 2.50 bits per heavy atom. The maximum absolute atomic E-state index is 12.1. The Morgan fingerprint density at radius 2 is 2.00 bits per heavy atom. The maximum atomic E-state index is 12.1. The number of thiazole rings is 1. The van der Waals surface area contributed by atoms with Crippen LogP contribution in [0.3, 0.4) is 0 Å². The van der Waals surface area contributed by atoms with Crippen LogP contribution >= 0.6 is 11.3 Å². The number of sulfonamides is 1. The minimum atomic E-state index is -3.77. The number of Topliss-reactive ketones (excluding diaryl/α,β-unsaturated/α-hetero) is 1. The molecule has 0 amide bonds. The third kappa shape index (κ3) is 3.01. The van der Waals surface area contributed by atoms with E-state index in [1.807, 2.05) is 6.07 Å². The van der Waals surface area contributed by atoms with Gasteiger partial charge in [0, 0.05) is 12.3 Å². The summed E-state index contributed by atoms with van der Waals surface area (Å²) in [5, 5.41) is 10.3. The molecule has 2 aromatic rings. The predicted octanol–water partition coefficient (Wildman–Crippen LogP) is 2.02. The Labute approximate surface area is 119 Å². The van der Waals surface area contributed by atoms with Gasteiger partial charge in [-0.3, -0.25) is 9.52 Å². The van der Waals surface area contributed by atoms with Gasteiger partial charge in [0.2, 0.25) is 0 Å². The van der Waals surface area contributed by atoms with Crippen LogP contribution in [0.5, 0.6) is 0 Å². The van der Waals surface area contributed by atoms with Gasteiger partial charge < -0.3 is 0 Å². The minimum Gasteiger partial charge on any atom is -0.293 e. The first kappa shape index (κ1) is 14.2. The van der Waals surface area contributed by atoms with Crippen molar-refractivity contribution in [3.63, 3.8) is 0 Å². The molecule has 0 saturated carbocycles. The molecule has 8 heteroatoms. The van der Waals surface area contributed by atoms with Crippen molar-refractivity contribution in [3.05, 3.63) is 40.9 Å². The molecule has 1 heterocycles. The van der Waals surface area contributed by atoms with Gasteiger partial charge in [-0.2, -0.15) is 5.26 Å². The molecule has 0 saturated heterocycles. The quantitative estimate of drug-likeness (QED) is 0.871. The summed E-state index contributed by atoms with van der Waals surface area (Å²) in [6.45, 7) is 1.36. The molecular weight excluding hydrogens is 298 g/mol. The number of aromatic nitrogens is 1. The van der Waals surface area contributed by atoms with E-state index in [-0.39, 0.29) is 21.5 Å². The van der Waals surface area contributed by atoms with Crippen molar-refractivity contribution in [2.75, 3.05) is 4.72 Å². The number of nitriles is 1. The van der Waals surface area contributed by atoms with Crippen molar-refractivity contribution in [1.82, 2.24) is 4.98 Å². The molecule has 0 aliphatic carbocycles. The van der Waals surface area contributed by atoms with E-state index in [4.69, 9.17) is 5.26 Å². The second-order valence-electron chi connectivity index (χ2n) is 3.84. The summed E-state index contributed by atoms with van der Waals surface area (Å²) in [5.41, 5.74) is 0.588. The number of ketones is 1. The summed E-state index contributed by atoms with van der Waals surface area (Å²) in [6.07, 6.45) is 0. The average Bonchev–Trinajstić information content (AvgIpc) is 2.87. The van der Waals surface area contributed by atoms with Crippen molar-refractivity contribution < 1.29 is 13.2 Å². The van der Waals surface area contributed by atoms with Gasteiger partial charge >= 0.3 is 0 Å². The fourth-order valence-corrected chi connectivity index (χ4v) is 3.37. The van der Waals surface area contributed by atoms with E-state index < -0.39 is 10.0 Å². The Morgan fingerprint density at radius 1 is 1.35 bits per heavy atom. The van der Waals surface area contributed by atoms with Gasteiger partial charge in [0.05, 0.1) is 16.5 Å². The van der Waals surface area contributed by atoms with Crippen LogP contribution in [0.4, 0.5) is 5.13 Å². The monoisotopic (exact) mass is 307 g/mol. The standard InChI is InChI=1S/C12H9N3O3S2/c1-8(16)11-7-19-12(14-11)15-20(17,18)10-4-2-9(6-13)3-5-10/h2-5,7H,1H3,(H,14,15). The van der Waals surface area contributed by atoms with Crippen molar-refractivity contribution >= 4 is 32.3 Å². The molecule has 102 valence electrons. The number of hydrogen-bond donors (Lipinski definition) is 1. The first-order chi connectivity index (χ1) is 9.42. The molecule has 0 spiro atoms. The molecule has 0 atom stereocenters. The number of hydrogen-bond acceptors (Lipinski definition) is 6. The Bertz CT molecular complexity index is 786. The summed E-state index contributed by atoms with van der Waals surface area (Å²) in [6, 6.07) is 7.40. The number of benzene rings is 1. The summed E-state index contributed by atoms with van der Waals surface area (Å²) in [4.78, 5) is 15.0. The number of nitrogens with zero attached hydrogens (tertiary/aromatic N) is 2. The largest absolute Gasteiger partial charge is 0.293 e. The van der Waals surface area contributed by atoms with E-state index in [0.29, 0.717) is 5.56 Å². The van der Waals surface area contributed by atoms with Crippen LogP contribution in [-0.2, 0) is 10.0 Å². The van der Waals surface area contributed by atoms with E-state index in [2.05, 4.69) is 9.71 Å². The van der Waals surface area contributed by atoms with Crippen LogP contribution in [0.15, 0.2) is 34.5 Å². The van der Waals surface area contributed by atoms with Crippen LogP contribution in [-0.4, -0.2) is 19.2 Å². The molecule has 1 aromatic heterocycles. The zero-order valence-electron chi connectivity index (χ0n) is 10.3. The van der Waals surface area contributed by atoms with Crippen LogP contribution in [0, 0.1) is 11.3 Å². The highest BCUT2D eigenvalue weighted by Gasteiger charge is 2.16. The number of anilines is 1. The summed E-state index contributed by atoms with van der Waals surface area (Å²) in [7, 11) is -3.77. The number of rotatable bonds is 4. The average molecular weight is 307 g/mol. The summed E-state index contributed by atoms with van der Waals surface area (Å²) < 4.78 is 26.4. The number of carbonyl (C=O) groups is 1. The normalized spacial score (nSPS) is 10.8. The van der Waals surface area contributed by atoms with E-state index in [1.54, 1.807) is 0 Å². The topological polar surface area (TPSA) is 99.9 Å². The van der Waals surface area contributed by atoms with Crippen LogP contribution in [0.25, 0.3) is 0 Å². The molecule has 0 bridgehead atoms. The van der Waals surface area contributed by atoms with Gasteiger partial charge in [-0.1, -0.05) is 0 Å². The lowest BCUT2D eigenvalue weighted by molar-refractivity contribution is 0.101. The zero-order chi connectivity index (χ0) is 14.8. The van der Waals surface area contributed by atoms with Gasteiger partial charge in [-0.15, -0.1) is 11.3 Å². The van der Waals surface area contributed by atoms with Gasteiger partial charge in [0.15, 0.2) is 10.9 Å². The third-order valence-electron chi connectivity index (χ3n) is 2.38. The summed E-state index contributed by atoms with van der Waals surface area (Å²) >= 11 is 1.03. The van der Waals surface area contributed by atoms with Gasteiger partial charge in [0.1, 0.15) is 5.69 Å². The third-order valence-corrected chi connectivity index (χ3v) is 4.62. The first-order valence-corrected chi connectivity index (χ1v) is 7.78. The Hall–Kier alpha value is -2.24. The number of carbonyl (C=O) groups excluding carboxylic acids is 1. The molecule has 20 heavy (non-hydrogen) atoms. The molecule has 0 fully saturated rings. The van der Waals surface area contributed by atoms with Gasteiger partial charge in [-0.25, -0.2) is 13.4 Å². The van der Waals surface area contributed by atoms with E-state index in [1.165, 1.54) is 36.6 Å². The summed E-state index contributed by atoms with van der Waals surface area (Å²) in [5.74, 6) is -0.231. The van der Waals surface area contributed by atoms with E-state index in [9.17, 15) is 13.2 Å². The molecule has 1 aromatic carbocycles. The van der Waals surface area contributed by atoms with E-state index in [0.717, 1.165) is 11.3 Å². The van der Waals surface area contributed by atoms with Crippen molar-refractivity contribution in [3.8, 4) is 6.07 Å². The van der Waals surface area contributed by atoms with Crippen molar-refractivity contribution in [2.24, 2.45) is 0 Å². The molecule has 1 N–H and O–H groups in total. The maximum Gasteiger partial charge on any atom is 0.263 e. The smallest absolute Gasteiger partial charge is 0.263 e. The lowest BCUT2D eigenvalue weighted by atomic mass is 10.2. The van der Waals surface area contributed by atoms with Gasteiger partial charge in [-0.05, 0) is 24.3 Å². The zero-order valence-corrected chi connectivity index (χ0v) is 12.0. The fourth-order valence-electron chi connectivity index (χ4n) is 1.36. The Balaban J connectivity index is 2.25.